The highest BCUT2D eigenvalue weighted by atomic mass is 16.6. The molecule has 0 aliphatic rings. The molecule has 0 unspecified atom stereocenters. The molecule has 144 valence electrons. The van der Waals surface area contributed by atoms with Crippen LogP contribution in [0.25, 0.3) is 0 Å². The highest BCUT2D eigenvalue weighted by molar-refractivity contribution is 5.89. The second-order valence-electron chi connectivity index (χ2n) is 7.23. The standard InChI is InChI=1S/C16H29N3O6/c1-9(2)8-11(19-15(24)25-16(3,4)5)13(21)18-10(14(22)23)6-7-12(17)20/h9-11H,6-8H2,1-5H3,(H2,17,20)(H,18,21)(H,19,24)(H,22,23)/t10-,11+/m1/s1. The third kappa shape index (κ3) is 11.0. The summed E-state index contributed by atoms with van der Waals surface area (Å²) in [6, 6.07) is -2.22. The number of ether oxygens (including phenoxy) is 1. The average Bonchev–Trinajstić information content (AvgIpc) is 2.39. The number of nitrogens with one attached hydrogen (secondary N) is 2. The lowest BCUT2D eigenvalue weighted by molar-refractivity contribution is -0.142. The molecule has 0 heterocycles. The van der Waals surface area contributed by atoms with Gasteiger partial charge in [0.15, 0.2) is 0 Å². The van der Waals surface area contributed by atoms with E-state index in [1.54, 1.807) is 20.8 Å². The molecule has 9 nitrogen and oxygen atoms in total. The number of alkyl carbamates (subject to hydrolysis) is 1. The van der Waals surface area contributed by atoms with E-state index in [2.05, 4.69) is 10.6 Å². The Balaban J connectivity index is 4.99. The molecule has 3 amide bonds. The fraction of sp³-hybridized carbons (Fsp3) is 0.750. The first kappa shape index (κ1) is 22.7. The minimum atomic E-state index is -1.28. The topological polar surface area (TPSA) is 148 Å². The van der Waals surface area contributed by atoms with Crippen molar-refractivity contribution in [2.24, 2.45) is 11.7 Å². The first-order valence-electron chi connectivity index (χ1n) is 8.12. The number of rotatable bonds is 9. The van der Waals surface area contributed by atoms with Crippen molar-refractivity contribution >= 4 is 23.9 Å². The number of hydrogen-bond donors (Lipinski definition) is 4. The molecule has 5 N–H and O–H groups in total. The Morgan fingerprint density at radius 3 is 2.04 bits per heavy atom. The van der Waals surface area contributed by atoms with Crippen molar-refractivity contribution in [3.8, 4) is 0 Å². The lowest BCUT2D eigenvalue weighted by Gasteiger charge is -2.25. The van der Waals surface area contributed by atoms with E-state index in [-0.39, 0.29) is 18.8 Å². The SMILES string of the molecule is CC(C)C[C@H](NC(=O)OC(C)(C)C)C(=O)N[C@H](CCC(N)=O)C(=O)O. The molecular formula is C16H29N3O6. The van der Waals surface area contributed by atoms with E-state index in [1.807, 2.05) is 13.8 Å². The van der Waals surface area contributed by atoms with Gasteiger partial charge >= 0.3 is 12.1 Å². The van der Waals surface area contributed by atoms with Gasteiger partial charge in [0, 0.05) is 6.42 Å². The zero-order valence-corrected chi connectivity index (χ0v) is 15.4. The average molecular weight is 359 g/mol. The van der Waals surface area contributed by atoms with Gasteiger partial charge in [-0.25, -0.2) is 9.59 Å². The summed E-state index contributed by atoms with van der Waals surface area (Å²) in [5.41, 5.74) is 4.28. The van der Waals surface area contributed by atoms with E-state index in [9.17, 15) is 19.2 Å². The van der Waals surface area contributed by atoms with Crippen LogP contribution in [0.4, 0.5) is 4.79 Å². The Hall–Kier alpha value is -2.32. The highest BCUT2D eigenvalue weighted by Crippen LogP contribution is 2.10. The van der Waals surface area contributed by atoms with Crippen molar-refractivity contribution < 1.29 is 29.0 Å². The molecule has 0 radical (unpaired) electrons. The number of nitrogens with two attached hydrogens (primary N) is 1. The molecule has 0 aliphatic heterocycles. The lowest BCUT2D eigenvalue weighted by atomic mass is 10.0. The molecule has 0 bridgehead atoms. The van der Waals surface area contributed by atoms with E-state index in [0.29, 0.717) is 6.42 Å². The van der Waals surface area contributed by atoms with Gasteiger partial charge in [0.1, 0.15) is 17.7 Å². The Bertz CT molecular complexity index is 499. The summed E-state index contributed by atoms with van der Waals surface area (Å²) in [4.78, 5) is 46.3. The van der Waals surface area contributed by atoms with E-state index in [1.165, 1.54) is 0 Å². The maximum atomic E-state index is 12.4. The first-order valence-corrected chi connectivity index (χ1v) is 8.12. The second kappa shape index (κ2) is 9.85. The van der Waals surface area contributed by atoms with E-state index in [0.717, 1.165) is 0 Å². The monoisotopic (exact) mass is 359 g/mol. The van der Waals surface area contributed by atoms with E-state index < -0.39 is 41.6 Å². The Kier molecular flexibility index (Phi) is 8.94. The summed E-state index contributed by atoms with van der Waals surface area (Å²) in [7, 11) is 0. The third-order valence-electron chi connectivity index (χ3n) is 3.01. The van der Waals surface area contributed by atoms with Gasteiger partial charge in [-0.15, -0.1) is 0 Å². The van der Waals surface area contributed by atoms with Gasteiger partial charge in [-0.1, -0.05) is 13.8 Å². The van der Waals surface area contributed by atoms with Crippen LogP contribution in [-0.4, -0.2) is 46.7 Å². The van der Waals surface area contributed by atoms with Crippen LogP contribution in [0, 0.1) is 5.92 Å². The molecule has 0 rings (SSSR count). The third-order valence-corrected chi connectivity index (χ3v) is 3.01. The number of carboxylic acids is 1. The van der Waals surface area contributed by atoms with Crippen LogP contribution in [0.5, 0.6) is 0 Å². The van der Waals surface area contributed by atoms with Gasteiger partial charge in [0.25, 0.3) is 0 Å². The molecule has 25 heavy (non-hydrogen) atoms. The molecule has 0 spiro atoms. The number of carbonyl (C=O) groups is 4. The van der Waals surface area contributed by atoms with Crippen molar-refractivity contribution in [3.63, 3.8) is 0 Å². The minimum Gasteiger partial charge on any atom is -0.480 e. The summed E-state index contributed by atoms with van der Waals surface area (Å²) >= 11 is 0. The summed E-state index contributed by atoms with van der Waals surface area (Å²) in [6.45, 7) is 8.79. The number of primary amides is 1. The molecule has 0 saturated heterocycles. The van der Waals surface area contributed by atoms with Gasteiger partial charge in [0.2, 0.25) is 11.8 Å². The molecule has 0 aromatic heterocycles. The van der Waals surface area contributed by atoms with Crippen LogP contribution in [0.15, 0.2) is 0 Å². The van der Waals surface area contributed by atoms with Crippen molar-refractivity contribution in [2.75, 3.05) is 0 Å². The molecule has 9 heteroatoms. The highest BCUT2D eigenvalue weighted by Gasteiger charge is 2.28. The fourth-order valence-corrected chi connectivity index (χ4v) is 1.97. The smallest absolute Gasteiger partial charge is 0.408 e. The molecule has 0 saturated carbocycles. The molecule has 0 aromatic carbocycles. The summed E-state index contributed by atoms with van der Waals surface area (Å²) in [5, 5.41) is 13.9. The van der Waals surface area contributed by atoms with Crippen LogP contribution >= 0.6 is 0 Å². The number of carbonyl (C=O) groups excluding carboxylic acids is 3. The van der Waals surface area contributed by atoms with Gasteiger partial charge in [-0.05, 0) is 39.5 Å². The fourth-order valence-electron chi connectivity index (χ4n) is 1.97. The Morgan fingerprint density at radius 1 is 1.08 bits per heavy atom. The number of aliphatic carboxylic acids is 1. The van der Waals surface area contributed by atoms with Crippen molar-refractivity contribution in [1.29, 1.82) is 0 Å². The van der Waals surface area contributed by atoms with Crippen molar-refractivity contribution in [2.45, 2.75) is 71.6 Å². The molecule has 0 aromatic rings. The number of carboxylic acid groups (broad SMARTS) is 1. The summed E-state index contributed by atoms with van der Waals surface area (Å²) in [5.74, 6) is -2.53. The number of hydrogen-bond acceptors (Lipinski definition) is 5. The van der Waals surface area contributed by atoms with E-state index in [4.69, 9.17) is 15.6 Å². The van der Waals surface area contributed by atoms with Crippen molar-refractivity contribution in [1.82, 2.24) is 10.6 Å². The lowest BCUT2D eigenvalue weighted by Crippen LogP contribution is -2.52. The zero-order chi connectivity index (χ0) is 19.8. The normalized spacial score (nSPS) is 13.7. The van der Waals surface area contributed by atoms with Crippen LogP contribution in [0.3, 0.4) is 0 Å². The van der Waals surface area contributed by atoms with Gasteiger partial charge in [0.05, 0.1) is 0 Å². The summed E-state index contributed by atoms with van der Waals surface area (Å²) < 4.78 is 5.12. The molecule has 0 fully saturated rings. The maximum absolute atomic E-state index is 12.4. The van der Waals surface area contributed by atoms with Gasteiger partial charge < -0.3 is 26.2 Å². The Morgan fingerprint density at radius 2 is 1.64 bits per heavy atom. The predicted octanol–water partition coefficient (Wildman–Crippen LogP) is 0.761. The second-order valence-corrected chi connectivity index (χ2v) is 7.23. The molecule has 2 atom stereocenters. The number of amides is 3. The first-order chi connectivity index (χ1) is 11.3. The van der Waals surface area contributed by atoms with E-state index >= 15 is 0 Å². The van der Waals surface area contributed by atoms with Crippen LogP contribution in [0.2, 0.25) is 0 Å². The quantitative estimate of drug-likeness (QED) is 0.478. The predicted molar refractivity (Wildman–Crippen MR) is 90.6 cm³/mol. The zero-order valence-electron chi connectivity index (χ0n) is 15.4. The molecular weight excluding hydrogens is 330 g/mol. The minimum absolute atomic E-state index is 0.0691. The van der Waals surface area contributed by atoms with Crippen LogP contribution in [0.1, 0.15) is 53.9 Å². The maximum Gasteiger partial charge on any atom is 0.408 e. The summed E-state index contributed by atoms with van der Waals surface area (Å²) in [6.07, 6.45) is -0.770. The Labute approximate surface area is 147 Å². The van der Waals surface area contributed by atoms with Crippen LogP contribution in [-0.2, 0) is 19.1 Å². The van der Waals surface area contributed by atoms with Crippen molar-refractivity contribution in [3.05, 3.63) is 0 Å². The van der Waals surface area contributed by atoms with Gasteiger partial charge in [-0.3, -0.25) is 9.59 Å². The molecule has 0 aliphatic carbocycles. The van der Waals surface area contributed by atoms with Gasteiger partial charge in [-0.2, -0.15) is 0 Å². The van der Waals surface area contributed by atoms with Crippen LogP contribution < -0.4 is 16.4 Å². The largest absolute Gasteiger partial charge is 0.480 e.